The molecule has 6 nitrogen and oxygen atoms in total. The van der Waals surface area contributed by atoms with Crippen molar-refractivity contribution >= 4 is 28.1 Å². The lowest BCUT2D eigenvalue weighted by Crippen LogP contribution is -2.29. The minimum Gasteiger partial charge on any atom is -0.324 e. The molecule has 1 N–H and O–H groups in total. The summed E-state index contributed by atoms with van der Waals surface area (Å²) in [6, 6.07) is 14.8. The lowest BCUT2D eigenvalue weighted by molar-refractivity contribution is -0.119. The Morgan fingerprint density at radius 3 is 2.59 bits per heavy atom. The number of hydrogen-bond acceptors (Lipinski definition) is 3. The minimum atomic E-state index is -0.457. The third-order valence-corrected chi connectivity index (χ3v) is 5.31. The third-order valence-electron chi connectivity index (χ3n) is 5.31. The summed E-state index contributed by atoms with van der Waals surface area (Å²) in [5.41, 5.74) is 4.89. The molecule has 0 aliphatic rings. The molecule has 0 fully saturated rings. The van der Waals surface area contributed by atoms with Gasteiger partial charge in [0.1, 0.15) is 6.04 Å². The fourth-order valence-electron chi connectivity index (χ4n) is 3.95. The molecule has 1 unspecified atom stereocenters. The summed E-state index contributed by atoms with van der Waals surface area (Å²) < 4.78 is 3.83. The Morgan fingerprint density at radius 1 is 1.10 bits per heavy atom. The highest BCUT2D eigenvalue weighted by molar-refractivity contribution is 5.98. The van der Waals surface area contributed by atoms with Crippen molar-refractivity contribution in [2.75, 3.05) is 5.32 Å². The predicted octanol–water partition coefficient (Wildman–Crippen LogP) is 4.16. The van der Waals surface area contributed by atoms with Crippen molar-refractivity contribution in [3.05, 3.63) is 75.7 Å². The number of aryl methyl sites for hydroxylation is 3. The highest BCUT2D eigenvalue weighted by Crippen LogP contribution is 2.27. The van der Waals surface area contributed by atoms with Crippen molar-refractivity contribution in [2.45, 2.75) is 40.2 Å². The normalized spacial score (nSPS) is 12.4. The van der Waals surface area contributed by atoms with Crippen LogP contribution in [0.25, 0.3) is 16.6 Å². The summed E-state index contributed by atoms with van der Waals surface area (Å²) in [4.78, 5) is 29.6. The highest BCUT2D eigenvalue weighted by atomic mass is 16.2. The van der Waals surface area contributed by atoms with Crippen LogP contribution in [0.1, 0.15) is 36.2 Å². The molecule has 1 atom stereocenters. The van der Waals surface area contributed by atoms with E-state index in [2.05, 4.69) is 16.4 Å². The monoisotopic (exact) mass is 388 g/mol. The summed E-state index contributed by atoms with van der Waals surface area (Å²) >= 11 is 0. The number of aromatic nitrogens is 3. The van der Waals surface area contributed by atoms with Crippen LogP contribution in [0.5, 0.6) is 0 Å². The van der Waals surface area contributed by atoms with E-state index in [1.54, 1.807) is 0 Å². The van der Waals surface area contributed by atoms with Crippen LogP contribution in [0.4, 0.5) is 5.69 Å². The van der Waals surface area contributed by atoms with E-state index in [4.69, 9.17) is 0 Å². The Bertz CT molecular complexity index is 1300. The summed E-state index contributed by atoms with van der Waals surface area (Å²) in [6.45, 7) is 7.86. The Morgan fingerprint density at radius 2 is 1.86 bits per heavy atom. The molecule has 0 saturated carbocycles. The van der Waals surface area contributed by atoms with E-state index in [-0.39, 0.29) is 11.5 Å². The van der Waals surface area contributed by atoms with Crippen molar-refractivity contribution < 1.29 is 4.79 Å². The molecule has 0 aliphatic carbocycles. The first-order valence-corrected chi connectivity index (χ1v) is 9.78. The topological polar surface area (TPSA) is 68.4 Å². The zero-order valence-electron chi connectivity index (χ0n) is 17.1. The molecular weight excluding hydrogens is 364 g/mol. The average Bonchev–Trinajstić information content (AvgIpc) is 3.00. The Hall–Kier alpha value is -3.41. The molecule has 2 heterocycles. The molecule has 1 amide bonds. The van der Waals surface area contributed by atoms with E-state index in [1.807, 2.05) is 73.3 Å². The molecule has 148 valence electrons. The Labute approximate surface area is 168 Å². The van der Waals surface area contributed by atoms with Crippen LogP contribution in [0.3, 0.4) is 0 Å². The highest BCUT2D eigenvalue weighted by Gasteiger charge is 2.25. The van der Waals surface area contributed by atoms with Crippen LogP contribution in [-0.4, -0.2) is 20.1 Å². The van der Waals surface area contributed by atoms with Crippen molar-refractivity contribution in [2.24, 2.45) is 0 Å². The largest absolute Gasteiger partial charge is 0.324 e. The number of benzene rings is 2. The van der Waals surface area contributed by atoms with Gasteiger partial charge in [-0.2, -0.15) is 4.98 Å². The van der Waals surface area contributed by atoms with E-state index in [9.17, 15) is 9.59 Å². The number of carbonyl (C=O) groups excluding carboxylic acids is 1. The van der Waals surface area contributed by atoms with Gasteiger partial charge in [-0.25, -0.2) is 4.52 Å². The third kappa shape index (κ3) is 3.20. The lowest BCUT2D eigenvalue weighted by atomic mass is 10.1. The van der Waals surface area contributed by atoms with Gasteiger partial charge in [0.15, 0.2) is 5.65 Å². The molecule has 4 aromatic rings. The second-order valence-electron chi connectivity index (χ2n) is 7.46. The molecule has 29 heavy (non-hydrogen) atoms. The van der Waals surface area contributed by atoms with E-state index in [0.717, 1.165) is 33.4 Å². The van der Waals surface area contributed by atoms with Crippen LogP contribution < -0.4 is 10.9 Å². The summed E-state index contributed by atoms with van der Waals surface area (Å²) in [6.07, 6.45) is 0.593. The van der Waals surface area contributed by atoms with Crippen LogP contribution in [0.15, 0.2) is 53.3 Å². The summed E-state index contributed by atoms with van der Waals surface area (Å²) in [5.74, 6) is -0.0970. The molecule has 0 bridgehead atoms. The quantitative estimate of drug-likeness (QED) is 0.571. The van der Waals surface area contributed by atoms with Crippen LogP contribution in [0, 0.1) is 20.8 Å². The average molecular weight is 388 g/mol. The summed E-state index contributed by atoms with van der Waals surface area (Å²) in [7, 11) is 0. The number of anilines is 1. The number of carbonyl (C=O) groups is 1. The zero-order chi connectivity index (χ0) is 20.7. The first-order valence-electron chi connectivity index (χ1n) is 9.78. The number of hydrogen-bond donors (Lipinski definition) is 1. The zero-order valence-corrected chi connectivity index (χ0v) is 17.1. The molecule has 0 radical (unpaired) electrons. The predicted molar refractivity (Wildman–Crippen MR) is 116 cm³/mol. The smallest absolute Gasteiger partial charge is 0.273 e. The van der Waals surface area contributed by atoms with Gasteiger partial charge in [0.05, 0.1) is 5.52 Å². The standard InChI is InChI=1S/C23H24N4O2/c1-5-19(23(29)24-18-11-10-14(2)12-15(18)3)27-20-9-7-6-8-17(20)22-25-21(28)13-16(4)26(22)27/h6-13,19H,5H2,1-4H3,(H,24,29). The molecule has 0 aliphatic heterocycles. The fourth-order valence-corrected chi connectivity index (χ4v) is 3.95. The second kappa shape index (κ2) is 7.20. The molecule has 4 rings (SSSR count). The van der Waals surface area contributed by atoms with Gasteiger partial charge in [-0.05, 0) is 51.0 Å². The van der Waals surface area contributed by atoms with Gasteiger partial charge in [-0.3, -0.25) is 14.3 Å². The van der Waals surface area contributed by atoms with Gasteiger partial charge in [-0.15, -0.1) is 0 Å². The SMILES string of the molecule is CCC(C(=O)Nc1ccc(C)cc1C)n1c2ccccc2c2nc(=O)cc(C)n21. The number of nitrogens with one attached hydrogen (secondary N) is 1. The molecular formula is C23H24N4O2. The van der Waals surface area contributed by atoms with Gasteiger partial charge >= 0.3 is 0 Å². The van der Waals surface area contributed by atoms with Crippen LogP contribution in [-0.2, 0) is 4.79 Å². The van der Waals surface area contributed by atoms with E-state index >= 15 is 0 Å². The van der Waals surface area contributed by atoms with Gasteiger partial charge in [0.2, 0.25) is 5.91 Å². The number of amides is 1. The Balaban J connectivity index is 1.88. The molecule has 2 aromatic carbocycles. The second-order valence-corrected chi connectivity index (χ2v) is 7.46. The maximum Gasteiger partial charge on any atom is 0.273 e. The number of fused-ring (bicyclic) bond motifs is 3. The van der Waals surface area contributed by atoms with Crippen molar-refractivity contribution in [1.82, 2.24) is 14.2 Å². The molecule has 0 saturated heterocycles. The number of para-hydroxylation sites is 1. The van der Waals surface area contributed by atoms with Crippen LogP contribution in [0.2, 0.25) is 0 Å². The van der Waals surface area contributed by atoms with Crippen molar-refractivity contribution in [3.63, 3.8) is 0 Å². The van der Waals surface area contributed by atoms with Crippen LogP contribution >= 0.6 is 0 Å². The molecule has 6 heteroatoms. The van der Waals surface area contributed by atoms with E-state index in [1.165, 1.54) is 6.07 Å². The minimum absolute atomic E-state index is 0.0970. The first-order chi connectivity index (χ1) is 13.9. The Kier molecular flexibility index (Phi) is 4.70. The van der Waals surface area contributed by atoms with E-state index in [0.29, 0.717) is 12.1 Å². The van der Waals surface area contributed by atoms with Gasteiger partial charge < -0.3 is 5.32 Å². The first kappa shape index (κ1) is 18.9. The van der Waals surface area contributed by atoms with Gasteiger partial charge in [0.25, 0.3) is 5.56 Å². The molecule has 0 spiro atoms. The number of rotatable bonds is 4. The maximum absolute atomic E-state index is 13.3. The maximum atomic E-state index is 13.3. The number of nitrogens with zero attached hydrogens (tertiary/aromatic N) is 3. The fraction of sp³-hybridized carbons (Fsp3) is 0.261. The lowest BCUT2D eigenvalue weighted by Gasteiger charge is -2.21. The van der Waals surface area contributed by atoms with Crippen molar-refractivity contribution in [1.29, 1.82) is 0 Å². The van der Waals surface area contributed by atoms with Gasteiger partial charge in [-0.1, -0.05) is 36.8 Å². The van der Waals surface area contributed by atoms with Gasteiger partial charge in [0, 0.05) is 22.8 Å². The van der Waals surface area contributed by atoms with E-state index < -0.39 is 6.04 Å². The van der Waals surface area contributed by atoms with Crippen molar-refractivity contribution in [3.8, 4) is 0 Å². The summed E-state index contributed by atoms with van der Waals surface area (Å²) in [5, 5.41) is 3.93. The molecule has 2 aromatic heterocycles.